The monoisotopic (exact) mass is 320 g/mol. The molecule has 0 bridgehead atoms. The fourth-order valence-corrected chi connectivity index (χ4v) is 2.59. The van der Waals surface area contributed by atoms with E-state index in [9.17, 15) is 9.18 Å². The molecule has 2 aromatic rings. The lowest BCUT2D eigenvalue weighted by molar-refractivity contribution is -0.119. The van der Waals surface area contributed by atoms with Crippen LogP contribution in [0.3, 0.4) is 0 Å². The highest BCUT2D eigenvalue weighted by Gasteiger charge is 2.08. The summed E-state index contributed by atoms with van der Waals surface area (Å²) in [6.07, 6.45) is 0. The Morgan fingerprint density at radius 3 is 2.64 bits per heavy atom. The molecule has 0 atom stereocenters. The van der Waals surface area contributed by atoms with Crippen LogP contribution in [0.5, 0.6) is 0 Å². The van der Waals surface area contributed by atoms with E-state index in [4.69, 9.17) is 11.6 Å². The maximum Gasteiger partial charge on any atom is 0.239 e. The van der Waals surface area contributed by atoms with E-state index in [2.05, 4.69) is 10.6 Å². The van der Waals surface area contributed by atoms with E-state index in [1.807, 2.05) is 26.0 Å². The van der Waals surface area contributed by atoms with Crippen LogP contribution in [-0.2, 0) is 11.3 Å². The van der Waals surface area contributed by atoms with Gasteiger partial charge in [0.15, 0.2) is 0 Å². The first-order valence-electron chi connectivity index (χ1n) is 6.98. The first-order valence-corrected chi connectivity index (χ1v) is 7.36. The average Bonchev–Trinajstić information content (AvgIpc) is 2.45. The Hall–Kier alpha value is -2.07. The molecule has 0 aliphatic heterocycles. The van der Waals surface area contributed by atoms with E-state index in [0.29, 0.717) is 10.6 Å². The quantitative estimate of drug-likeness (QED) is 0.879. The van der Waals surface area contributed by atoms with Crippen molar-refractivity contribution in [1.29, 1.82) is 0 Å². The molecule has 0 radical (unpaired) electrons. The second-order valence-electron chi connectivity index (χ2n) is 5.16. The topological polar surface area (TPSA) is 41.1 Å². The Kier molecular flexibility index (Phi) is 5.39. The van der Waals surface area contributed by atoms with Crippen molar-refractivity contribution in [3.63, 3.8) is 0 Å². The van der Waals surface area contributed by atoms with Crippen LogP contribution >= 0.6 is 11.6 Å². The molecule has 116 valence electrons. The van der Waals surface area contributed by atoms with Crippen molar-refractivity contribution in [2.75, 3.05) is 11.9 Å². The van der Waals surface area contributed by atoms with Crippen LogP contribution in [0.15, 0.2) is 36.4 Å². The fraction of sp³-hybridized carbons (Fsp3) is 0.235. The second kappa shape index (κ2) is 7.27. The molecule has 0 unspecified atom stereocenters. The summed E-state index contributed by atoms with van der Waals surface area (Å²) < 4.78 is 13.5. The van der Waals surface area contributed by atoms with Crippen molar-refractivity contribution < 1.29 is 9.18 Å². The molecular weight excluding hydrogens is 303 g/mol. The van der Waals surface area contributed by atoms with Crippen molar-refractivity contribution in [3.05, 3.63) is 63.9 Å². The summed E-state index contributed by atoms with van der Waals surface area (Å²) >= 11 is 6.17. The fourth-order valence-electron chi connectivity index (χ4n) is 2.21. The van der Waals surface area contributed by atoms with E-state index in [1.165, 1.54) is 6.07 Å². The highest BCUT2D eigenvalue weighted by Crippen LogP contribution is 2.26. The molecule has 0 heterocycles. The minimum atomic E-state index is -0.326. The van der Waals surface area contributed by atoms with Crippen LogP contribution < -0.4 is 10.6 Å². The SMILES string of the molecule is Cc1cc(C)c(NCC(=O)NCc2ccccc2F)c(Cl)c1. The van der Waals surface area contributed by atoms with Gasteiger partial charge < -0.3 is 10.6 Å². The number of anilines is 1. The zero-order valence-electron chi connectivity index (χ0n) is 12.5. The van der Waals surface area contributed by atoms with Crippen molar-refractivity contribution in [2.45, 2.75) is 20.4 Å². The number of carbonyl (C=O) groups excluding carboxylic acids is 1. The molecule has 0 aliphatic rings. The zero-order chi connectivity index (χ0) is 16.1. The van der Waals surface area contributed by atoms with Gasteiger partial charge in [-0.15, -0.1) is 0 Å². The van der Waals surface area contributed by atoms with Gasteiger partial charge in [-0.05, 0) is 37.1 Å². The smallest absolute Gasteiger partial charge is 0.239 e. The molecule has 0 aromatic heterocycles. The van der Waals surface area contributed by atoms with Gasteiger partial charge in [-0.3, -0.25) is 4.79 Å². The normalized spacial score (nSPS) is 10.4. The van der Waals surface area contributed by atoms with Gasteiger partial charge in [0.25, 0.3) is 0 Å². The van der Waals surface area contributed by atoms with E-state index in [1.54, 1.807) is 18.2 Å². The molecule has 22 heavy (non-hydrogen) atoms. The molecule has 0 saturated heterocycles. The van der Waals surface area contributed by atoms with Gasteiger partial charge in [0.2, 0.25) is 5.91 Å². The first-order chi connectivity index (χ1) is 10.5. The summed E-state index contributed by atoms with van der Waals surface area (Å²) in [7, 11) is 0. The predicted molar refractivity (Wildman–Crippen MR) is 87.7 cm³/mol. The Balaban J connectivity index is 1.90. The standard InChI is InChI=1S/C17H18ClFN2O/c1-11-7-12(2)17(14(18)8-11)21-10-16(22)20-9-13-5-3-4-6-15(13)19/h3-8,21H,9-10H2,1-2H3,(H,20,22). The number of benzene rings is 2. The number of hydrogen-bond donors (Lipinski definition) is 2. The third-order valence-electron chi connectivity index (χ3n) is 3.29. The Morgan fingerprint density at radius 1 is 1.23 bits per heavy atom. The number of aryl methyl sites for hydroxylation is 2. The van der Waals surface area contributed by atoms with Gasteiger partial charge in [-0.1, -0.05) is 35.9 Å². The summed E-state index contributed by atoms with van der Waals surface area (Å²) in [5.74, 6) is -0.549. The van der Waals surface area contributed by atoms with Gasteiger partial charge in [0.1, 0.15) is 5.82 Å². The number of amides is 1. The molecule has 2 rings (SSSR count). The summed E-state index contributed by atoms with van der Waals surface area (Å²) in [5, 5.41) is 6.28. The van der Waals surface area contributed by atoms with Gasteiger partial charge in [-0.25, -0.2) is 4.39 Å². The van der Waals surface area contributed by atoms with Crippen LogP contribution in [0.2, 0.25) is 5.02 Å². The van der Waals surface area contributed by atoms with E-state index in [-0.39, 0.29) is 24.8 Å². The lowest BCUT2D eigenvalue weighted by Gasteiger charge is -2.13. The van der Waals surface area contributed by atoms with Gasteiger partial charge in [0.05, 0.1) is 17.3 Å². The molecule has 2 aromatic carbocycles. The lowest BCUT2D eigenvalue weighted by Crippen LogP contribution is -2.29. The van der Waals surface area contributed by atoms with Crippen LogP contribution in [0.25, 0.3) is 0 Å². The van der Waals surface area contributed by atoms with E-state index >= 15 is 0 Å². The minimum Gasteiger partial charge on any atom is -0.375 e. The molecule has 0 aliphatic carbocycles. The highest BCUT2D eigenvalue weighted by molar-refractivity contribution is 6.33. The van der Waals surface area contributed by atoms with Crippen LogP contribution in [-0.4, -0.2) is 12.5 Å². The molecule has 0 fully saturated rings. The molecule has 0 spiro atoms. The Labute approximate surface area is 134 Å². The van der Waals surface area contributed by atoms with Gasteiger partial charge in [0, 0.05) is 12.1 Å². The van der Waals surface area contributed by atoms with Gasteiger partial charge in [-0.2, -0.15) is 0 Å². The van der Waals surface area contributed by atoms with Crippen LogP contribution in [0.4, 0.5) is 10.1 Å². The summed E-state index contributed by atoms with van der Waals surface area (Å²) in [5.41, 5.74) is 3.25. The van der Waals surface area contributed by atoms with Crippen molar-refractivity contribution in [1.82, 2.24) is 5.32 Å². The number of rotatable bonds is 5. The summed E-state index contributed by atoms with van der Waals surface area (Å²) in [6.45, 7) is 4.13. The van der Waals surface area contributed by atoms with Crippen molar-refractivity contribution in [3.8, 4) is 0 Å². The second-order valence-corrected chi connectivity index (χ2v) is 5.57. The maximum absolute atomic E-state index is 13.5. The van der Waals surface area contributed by atoms with E-state index < -0.39 is 0 Å². The number of halogens is 2. The summed E-state index contributed by atoms with van der Waals surface area (Å²) in [6, 6.07) is 10.2. The minimum absolute atomic E-state index is 0.0814. The Bertz CT molecular complexity index is 665. The number of hydrogen-bond acceptors (Lipinski definition) is 2. The zero-order valence-corrected chi connectivity index (χ0v) is 13.3. The Morgan fingerprint density at radius 2 is 1.95 bits per heavy atom. The van der Waals surface area contributed by atoms with Crippen molar-refractivity contribution >= 4 is 23.2 Å². The largest absolute Gasteiger partial charge is 0.375 e. The average molecular weight is 321 g/mol. The third-order valence-corrected chi connectivity index (χ3v) is 3.59. The van der Waals surface area contributed by atoms with Gasteiger partial charge >= 0.3 is 0 Å². The third kappa shape index (κ3) is 4.21. The number of carbonyl (C=O) groups is 1. The van der Waals surface area contributed by atoms with E-state index in [0.717, 1.165) is 16.8 Å². The molecule has 0 saturated carbocycles. The molecule has 1 amide bonds. The maximum atomic E-state index is 13.5. The number of nitrogens with one attached hydrogen (secondary N) is 2. The molecule has 3 nitrogen and oxygen atoms in total. The first kappa shape index (κ1) is 16.3. The van der Waals surface area contributed by atoms with Crippen LogP contribution in [0, 0.1) is 19.7 Å². The van der Waals surface area contributed by atoms with Crippen LogP contribution in [0.1, 0.15) is 16.7 Å². The molecule has 2 N–H and O–H groups in total. The van der Waals surface area contributed by atoms with Crippen molar-refractivity contribution in [2.24, 2.45) is 0 Å². The highest BCUT2D eigenvalue weighted by atomic mass is 35.5. The lowest BCUT2D eigenvalue weighted by atomic mass is 10.1. The predicted octanol–water partition coefficient (Wildman–Crippen LogP) is 3.82. The summed E-state index contributed by atoms with van der Waals surface area (Å²) in [4.78, 5) is 11.9. The molecule has 5 heteroatoms. The molecular formula is C17H18ClFN2O.